The van der Waals surface area contributed by atoms with E-state index >= 15 is 0 Å². The molecule has 1 saturated heterocycles. The summed E-state index contributed by atoms with van der Waals surface area (Å²) in [4.78, 5) is 31.0. The highest BCUT2D eigenvalue weighted by Crippen LogP contribution is 2.31. The fourth-order valence-corrected chi connectivity index (χ4v) is 3.91. The average molecular weight is 389 g/mol. The van der Waals surface area contributed by atoms with Crippen molar-refractivity contribution in [2.24, 2.45) is 0 Å². The number of hydrogen-bond acceptors (Lipinski definition) is 5. The maximum absolute atomic E-state index is 12.5. The Balaban J connectivity index is 1.43. The summed E-state index contributed by atoms with van der Waals surface area (Å²) in [6.45, 7) is 10.3. The molecule has 1 N–H and O–H groups in total. The maximum atomic E-state index is 12.5. The first-order valence-electron chi connectivity index (χ1n) is 10.3. The number of piperazine rings is 1. The summed E-state index contributed by atoms with van der Waals surface area (Å²) >= 11 is 0. The summed E-state index contributed by atoms with van der Waals surface area (Å²) in [7, 11) is 0. The van der Waals surface area contributed by atoms with Gasteiger partial charge in [-0.3, -0.25) is 19.4 Å². The third-order valence-corrected chi connectivity index (χ3v) is 5.60. The molecule has 1 unspecified atom stereocenters. The smallest absolute Gasteiger partial charge is 0.236 e. The van der Waals surface area contributed by atoms with Crippen LogP contribution in [0.5, 0.6) is 5.75 Å². The minimum Gasteiger partial charge on any atom is -0.493 e. The minimum atomic E-state index is 0.0189. The number of carbonyl (C=O) groups excluding carboxylic acids is 2. The number of nitrogens with one attached hydrogen (secondary N) is 1. The van der Waals surface area contributed by atoms with E-state index in [0.717, 1.165) is 57.0 Å². The van der Waals surface area contributed by atoms with E-state index in [2.05, 4.69) is 15.1 Å². The minimum absolute atomic E-state index is 0.0189. The Morgan fingerprint density at radius 2 is 1.71 bits per heavy atom. The van der Waals surface area contributed by atoms with E-state index in [1.165, 1.54) is 0 Å². The number of benzene rings is 1. The molecule has 1 atom stereocenters. The summed E-state index contributed by atoms with van der Waals surface area (Å²) in [5.74, 6) is 1.11. The van der Waals surface area contributed by atoms with Crippen LogP contribution in [-0.2, 0) is 9.59 Å². The van der Waals surface area contributed by atoms with Crippen LogP contribution in [0.4, 0.5) is 0 Å². The standard InChI is InChI=1S/C21H32N4O3/c1-3-25(4-2)21(27)16-24-12-10-23(11-13-24)15-20(26)22-18-9-14-28-19-8-6-5-7-17(18)19/h5-8,18H,3-4,9-16H2,1-2H3,(H,22,26). The van der Waals surface area contributed by atoms with Gasteiger partial charge >= 0.3 is 0 Å². The van der Waals surface area contributed by atoms with Crippen LogP contribution in [0.1, 0.15) is 31.9 Å². The van der Waals surface area contributed by atoms with Crippen LogP contribution in [0.2, 0.25) is 0 Å². The number of carbonyl (C=O) groups is 2. The van der Waals surface area contributed by atoms with E-state index in [1.54, 1.807) is 0 Å². The zero-order valence-electron chi connectivity index (χ0n) is 17.0. The fourth-order valence-electron chi connectivity index (χ4n) is 3.91. The molecule has 0 saturated carbocycles. The number of nitrogens with zero attached hydrogens (tertiary/aromatic N) is 3. The van der Waals surface area contributed by atoms with Crippen molar-refractivity contribution in [3.05, 3.63) is 29.8 Å². The average Bonchev–Trinajstić information content (AvgIpc) is 2.71. The molecule has 1 fully saturated rings. The molecule has 1 aromatic rings. The Kier molecular flexibility index (Phi) is 7.28. The van der Waals surface area contributed by atoms with Gasteiger partial charge in [-0.05, 0) is 19.9 Å². The molecule has 0 spiro atoms. The second kappa shape index (κ2) is 9.89. The lowest BCUT2D eigenvalue weighted by Crippen LogP contribution is -2.52. The molecule has 28 heavy (non-hydrogen) atoms. The predicted molar refractivity (Wildman–Crippen MR) is 108 cm³/mol. The Hall–Kier alpha value is -2.12. The van der Waals surface area contributed by atoms with E-state index in [4.69, 9.17) is 4.74 Å². The molecule has 2 aliphatic rings. The molecular weight excluding hydrogens is 356 g/mol. The molecule has 0 aliphatic carbocycles. The Morgan fingerprint density at radius 3 is 2.39 bits per heavy atom. The van der Waals surface area contributed by atoms with Crippen molar-refractivity contribution in [1.82, 2.24) is 20.0 Å². The van der Waals surface area contributed by atoms with Crippen molar-refractivity contribution in [3.8, 4) is 5.75 Å². The van der Waals surface area contributed by atoms with E-state index in [1.807, 2.05) is 43.0 Å². The van der Waals surface area contributed by atoms with Crippen molar-refractivity contribution in [2.75, 3.05) is 59.0 Å². The number of fused-ring (bicyclic) bond motifs is 1. The first-order chi connectivity index (χ1) is 13.6. The third-order valence-electron chi connectivity index (χ3n) is 5.60. The second-order valence-corrected chi connectivity index (χ2v) is 7.41. The third kappa shape index (κ3) is 5.23. The molecule has 1 aromatic carbocycles. The number of rotatable bonds is 7. The lowest BCUT2D eigenvalue weighted by Gasteiger charge is -2.35. The van der Waals surface area contributed by atoms with Gasteiger partial charge in [0.05, 0.1) is 25.7 Å². The second-order valence-electron chi connectivity index (χ2n) is 7.41. The van der Waals surface area contributed by atoms with Crippen molar-refractivity contribution in [2.45, 2.75) is 26.3 Å². The van der Waals surface area contributed by atoms with Gasteiger partial charge in [-0.1, -0.05) is 18.2 Å². The van der Waals surface area contributed by atoms with Gasteiger partial charge in [0.2, 0.25) is 11.8 Å². The number of likely N-dealkylation sites (N-methyl/N-ethyl adjacent to an activating group) is 1. The molecule has 0 radical (unpaired) electrons. The Bertz CT molecular complexity index is 669. The molecule has 2 heterocycles. The van der Waals surface area contributed by atoms with Gasteiger partial charge in [-0.15, -0.1) is 0 Å². The zero-order valence-corrected chi connectivity index (χ0v) is 17.0. The molecule has 3 rings (SSSR count). The highest BCUT2D eigenvalue weighted by molar-refractivity contribution is 5.79. The van der Waals surface area contributed by atoms with Gasteiger partial charge in [0.1, 0.15) is 5.75 Å². The summed E-state index contributed by atoms with van der Waals surface area (Å²) in [5, 5.41) is 3.16. The monoisotopic (exact) mass is 388 g/mol. The number of ether oxygens (including phenoxy) is 1. The first kappa shape index (κ1) is 20.6. The molecule has 7 heteroatoms. The van der Waals surface area contributed by atoms with Crippen LogP contribution in [0.15, 0.2) is 24.3 Å². The van der Waals surface area contributed by atoms with Gasteiger partial charge in [-0.25, -0.2) is 0 Å². The van der Waals surface area contributed by atoms with Gasteiger partial charge in [0, 0.05) is 51.3 Å². The van der Waals surface area contributed by atoms with Crippen LogP contribution in [-0.4, -0.2) is 85.5 Å². The van der Waals surface area contributed by atoms with Crippen LogP contribution in [0.25, 0.3) is 0 Å². The van der Waals surface area contributed by atoms with Crippen molar-refractivity contribution < 1.29 is 14.3 Å². The molecule has 2 aliphatic heterocycles. The normalized spacial score (nSPS) is 20.1. The maximum Gasteiger partial charge on any atom is 0.236 e. The summed E-state index contributed by atoms with van der Waals surface area (Å²) in [6.07, 6.45) is 0.796. The number of hydrogen-bond donors (Lipinski definition) is 1. The van der Waals surface area contributed by atoms with Crippen molar-refractivity contribution in [3.63, 3.8) is 0 Å². The topological polar surface area (TPSA) is 65.1 Å². The molecule has 0 aromatic heterocycles. The molecular formula is C21H32N4O3. The summed E-state index contributed by atoms with van der Waals surface area (Å²) in [6, 6.07) is 7.92. The number of para-hydroxylation sites is 1. The Morgan fingerprint density at radius 1 is 1.07 bits per heavy atom. The highest BCUT2D eigenvalue weighted by atomic mass is 16.5. The lowest BCUT2D eigenvalue weighted by molar-refractivity contribution is -0.133. The van der Waals surface area contributed by atoms with Crippen LogP contribution >= 0.6 is 0 Å². The lowest BCUT2D eigenvalue weighted by atomic mass is 10.0. The predicted octanol–water partition coefficient (Wildman–Crippen LogP) is 1.11. The quantitative estimate of drug-likeness (QED) is 0.758. The first-order valence-corrected chi connectivity index (χ1v) is 10.3. The summed E-state index contributed by atoms with van der Waals surface area (Å²) in [5.41, 5.74) is 1.06. The molecule has 0 bridgehead atoms. The highest BCUT2D eigenvalue weighted by Gasteiger charge is 2.25. The SMILES string of the molecule is CCN(CC)C(=O)CN1CCN(CC(=O)NC2CCOc3ccccc32)CC1. The zero-order chi connectivity index (χ0) is 19.9. The van der Waals surface area contributed by atoms with E-state index in [0.29, 0.717) is 19.7 Å². The summed E-state index contributed by atoms with van der Waals surface area (Å²) < 4.78 is 5.66. The van der Waals surface area contributed by atoms with Gasteiger partial charge in [0.15, 0.2) is 0 Å². The van der Waals surface area contributed by atoms with E-state index in [-0.39, 0.29) is 17.9 Å². The fraction of sp³-hybridized carbons (Fsp3) is 0.619. The van der Waals surface area contributed by atoms with Crippen LogP contribution in [0.3, 0.4) is 0 Å². The van der Waals surface area contributed by atoms with Gasteiger partial charge < -0.3 is 15.0 Å². The van der Waals surface area contributed by atoms with E-state index in [9.17, 15) is 9.59 Å². The molecule has 154 valence electrons. The largest absolute Gasteiger partial charge is 0.493 e. The van der Waals surface area contributed by atoms with E-state index < -0.39 is 0 Å². The molecule has 2 amide bonds. The Labute approximate surface area is 167 Å². The van der Waals surface area contributed by atoms with Gasteiger partial charge in [0.25, 0.3) is 0 Å². The molecule has 7 nitrogen and oxygen atoms in total. The van der Waals surface area contributed by atoms with Crippen molar-refractivity contribution >= 4 is 11.8 Å². The van der Waals surface area contributed by atoms with Gasteiger partial charge in [-0.2, -0.15) is 0 Å². The van der Waals surface area contributed by atoms with Crippen LogP contribution in [0, 0.1) is 0 Å². The van der Waals surface area contributed by atoms with Crippen molar-refractivity contribution in [1.29, 1.82) is 0 Å². The van der Waals surface area contributed by atoms with Crippen LogP contribution < -0.4 is 10.1 Å². The number of amides is 2.